The third-order valence-electron chi connectivity index (χ3n) is 2.33. The van der Waals surface area contributed by atoms with E-state index in [9.17, 15) is 9.59 Å². The summed E-state index contributed by atoms with van der Waals surface area (Å²) in [5, 5.41) is 4.58. The van der Waals surface area contributed by atoms with E-state index in [0.29, 0.717) is 6.42 Å². The number of hydrogen-bond acceptors (Lipinski definition) is 3. The first kappa shape index (κ1) is 14.6. The van der Waals surface area contributed by atoms with E-state index in [2.05, 4.69) is 22.8 Å². The van der Waals surface area contributed by atoms with E-state index >= 15 is 0 Å². The van der Waals surface area contributed by atoms with Crippen LogP contribution in [0.25, 0.3) is 0 Å². The van der Waals surface area contributed by atoms with Crippen molar-refractivity contribution in [3.63, 3.8) is 0 Å². The summed E-state index contributed by atoms with van der Waals surface area (Å²) in [6, 6.07) is 9.79. The Balaban J connectivity index is 2.05. The molecule has 0 spiro atoms. The molecule has 0 unspecified atom stereocenters. The minimum absolute atomic E-state index is 0.235. The topological polar surface area (TPSA) is 58.2 Å². The maximum absolute atomic E-state index is 11.3. The summed E-state index contributed by atoms with van der Waals surface area (Å²) in [6.45, 7) is 0. The molecule has 2 N–H and O–H groups in total. The van der Waals surface area contributed by atoms with Crippen molar-refractivity contribution < 1.29 is 9.59 Å². The highest BCUT2D eigenvalue weighted by atomic mass is 32.2. The van der Waals surface area contributed by atoms with Crippen molar-refractivity contribution in [2.24, 2.45) is 0 Å². The molecule has 3 amide bonds. The van der Waals surface area contributed by atoms with Gasteiger partial charge in [0.1, 0.15) is 0 Å². The van der Waals surface area contributed by atoms with Crippen LogP contribution in [0.15, 0.2) is 30.3 Å². The second-order valence-corrected chi connectivity index (χ2v) is 4.95. The molecule has 1 aromatic carbocycles. The molecule has 0 heterocycles. The molecular formula is C13H18N2O2S. The highest BCUT2D eigenvalue weighted by Crippen LogP contribution is 2.07. The van der Waals surface area contributed by atoms with Crippen LogP contribution in [0, 0.1) is 0 Å². The van der Waals surface area contributed by atoms with E-state index in [1.807, 2.05) is 18.2 Å². The molecule has 0 aromatic heterocycles. The lowest BCUT2D eigenvalue weighted by Gasteiger charge is -2.03. The molecule has 5 heteroatoms. The Hall–Kier alpha value is -1.49. The Kier molecular flexibility index (Phi) is 6.94. The maximum Gasteiger partial charge on any atom is 0.321 e. The van der Waals surface area contributed by atoms with Gasteiger partial charge in [0.2, 0.25) is 5.91 Å². The molecule has 1 aromatic rings. The Morgan fingerprint density at radius 2 is 1.89 bits per heavy atom. The van der Waals surface area contributed by atoms with Crippen molar-refractivity contribution in [2.45, 2.75) is 12.8 Å². The quantitative estimate of drug-likeness (QED) is 0.772. The molecule has 1 rings (SSSR count). The number of nitrogens with one attached hydrogen (secondary N) is 2. The van der Waals surface area contributed by atoms with Crippen molar-refractivity contribution in [1.82, 2.24) is 10.6 Å². The first-order chi connectivity index (χ1) is 8.72. The Bertz CT molecular complexity index is 382. The molecule has 18 heavy (non-hydrogen) atoms. The standard InChI is InChI=1S/C13H18N2O2S/c1-14-13(17)15-12(16)8-10-18-9-7-11-5-3-2-4-6-11/h2-6H,7-10H2,1H3,(H2,14,15,16,17). The molecule has 0 saturated heterocycles. The summed E-state index contributed by atoms with van der Waals surface area (Å²) in [6.07, 6.45) is 1.37. The fourth-order valence-electron chi connectivity index (χ4n) is 1.35. The van der Waals surface area contributed by atoms with E-state index < -0.39 is 6.03 Å². The third kappa shape index (κ3) is 6.30. The lowest BCUT2D eigenvalue weighted by atomic mass is 10.2. The van der Waals surface area contributed by atoms with Gasteiger partial charge in [0, 0.05) is 19.2 Å². The minimum atomic E-state index is -0.450. The van der Waals surface area contributed by atoms with Gasteiger partial charge >= 0.3 is 6.03 Å². The molecule has 0 saturated carbocycles. The van der Waals surface area contributed by atoms with Gasteiger partial charge in [-0.25, -0.2) is 4.79 Å². The smallest absolute Gasteiger partial charge is 0.321 e. The summed E-state index contributed by atoms with van der Waals surface area (Å²) in [4.78, 5) is 22.1. The zero-order valence-electron chi connectivity index (χ0n) is 10.4. The van der Waals surface area contributed by atoms with Crippen LogP contribution in [0.5, 0.6) is 0 Å². The predicted octanol–water partition coefficient (Wildman–Crippen LogP) is 1.81. The molecule has 4 nitrogen and oxygen atoms in total. The van der Waals surface area contributed by atoms with Crippen molar-refractivity contribution in [3.8, 4) is 0 Å². The Labute approximate surface area is 112 Å². The molecule has 0 bridgehead atoms. The lowest BCUT2D eigenvalue weighted by Crippen LogP contribution is -2.37. The number of benzene rings is 1. The Morgan fingerprint density at radius 3 is 2.56 bits per heavy atom. The van der Waals surface area contributed by atoms with Gasteiger partial charge in [-0.2, -0.15) is 11.8 Å². The fraction of sp³-hybridized carbons (Fsp3) is 0.385. The highest BCUT2D eigenvalue weighted by molar-refractivity contribution is 7.99. The van der Waals surface area contributed by atoms with Crippen molar-refractivity contribution in [1.29, 1.82) is 0 Å². The number of carbonyl (C=O) groups is 2. The van der Waals surface area contributed by atoms with Gasteiger partial charge in [-0.05, 0) is 17.7 Å². The number of hydrogen-bond donors (Lipinski definition) is 2. The summed E-state index contributed by atoms with van der Waals surface area (Å²) >= 11 is 1.72. The summed E-state index contributed by atoms with van der Waals surface area (Å²) in [5.41, 5.74) is 1.31. The molecule has 98 valence electrons. The van der Waals surface area contributed by atoms with E-state index in [-0.39, 0.29) is 5.91 Å². The zero-order valence-corrected chi connectivity index (χ0v) is 11.3. The van der Waals surface area contributed by atoms with E-state index in [4.69, 9.17) is 0 Å². The SMILES string of the molecule is CNC(=O)NC(=O)CCSCCc1ccccc1. The Morgan fingerprint density at radius 1 is 1.17 bits per heavy atom. The van der Waals surface area contributed by atoms with Gasteiger partial charge in [-0.1, -0.05) is 30.3 Å². The van der Waals surface area contributed by atoms with Crippen LogP contribution in [0.3, 0.4) is 0 Å². The third-order valence-corrected chi connectivity index (χ3v) is 3.32. The first-order valence-electron chi connectivity index (χ1n) is 5.85. The number of amides is 3. The van der Waals surface area contributed by atoms with Crippen molar-refractivity contribution in [3.05, 3.63) is 35.9 Å². The van der Waals surface area contributed by atoms with Crippen LogP contribution in [-0.4, -0.2) is 30.5 Å². The molecule has 0 aliphatic rings. The zero-order chi connectivity index (χ0) is 13.2. The molecular weight excluding hydrogens is 248 g/mol. The van der Waals surface area contributed by atoms with Gasteiger partial charge in [-0.3, -0.25) is 10.1 Å². The van der Waals surface area contributed by atoms with Crippen molar-refractivity contribution >= 4 is 23.7 Å². The minimum Gasteiger partial charge on any atom is -0.341 e. The molecule has 0 aliphatic heterocycles. The van der Waals surface area contributed by atoms with E-state index in [1.165, 1.54) is 12.6 Å². The van der Waals surface area contributed by atoms with Gasteiger partial charge < -0.3 is 5.32 Å². The number of urea groups is 1. The lowest BCUT2D eigenvalue weighted by molar-refractivity contribution is -0.119. The monoisotopic (exact) mass is 266 g/mol. The van der Waals surface area contributed by atoms with E-state index in [0.717, 1.165) is 17.9 Å². The fourth-order valence-corrected chi connectivity index (χ4v) is 2.27. The molecule has 0 fully saturated rings. The molecule has 0 atom stereocenters. The number of rotatable bonds is 6. The maximum atomic E-state index is 11.3. The number of carbonyl (C=O) groups excluding carboxylic acids is 2. The largest absolute Gasteiger partial charge is 0.341 e. The summed E-state index contributed by atoms with van der Waals surface area (Å²) in [7, 11) is 1.48. The van der Waals surface area contributed by atoms with Crippen LogP contribution >= 0.6 is 11.8 Å². The second kappa shape index (κ2) is 8.58. The predicted molar refractivity (Wildman–Crippen MR) is 74.7 cm³/mol. The van der Waals surface area contributed by atoms with E-state index in [1.54, 1.807) is 11.8 Å². The van der Waals surface area contributed by atoms with Gasteiger partial charge in [-0.15, -0.1) is 0 Å². The van der Waals surface area contributed by atoms with Gasteiger partial charge in [0.25, 0.3) is 0 Å². The van der Waals surface area contributed by atoms with Gasteiger partial charge in [0.05, 0.1) is 0 Å². The average Bonchev–Trinajstić information content (AvgIpc) is 2.39. The molecule has 0 radical (unpaired) electrons. The molecule has 0 aliphatic carbocycles. The highest BCUT2D eigenvalue weighted by Gasteiger charge is 2.04. The summed E-state index contributed by atoms with van der Waals surface area (Å²) in [5.74, 6) is 1.48. The normalized spacial score (nSPS) is 9.83. The summed E-state index contributed by atoms with van der Waals surface area (Å²) < 4.78 is 0. The van der Waals surface area contributed by atoms with Gasteiger partial charge in [0.15, 0.2) is 0 Å². The number of thioether (sulfide) groups is 1. The van der Waals surface area contributed by atoms with Crippen LogP contribution in [-0.2, 0) is 11.2 Å². The van der Waals surface area contributed by atoms with Crippen LogP contribution in [0.1, 0.15) is 12.0 Å². The second-order valence-electron chi connectivity index (χ2n) is 3.73. The van der Waals surface area contributed by atoms with Crippen LogP contribution in [0.2, 0.25) is 0 Å². The van der Waals surface area contributed by atoms with Crippen LogP contribution < -0.4 is 10.6 Å². The number of imide groups is 1. The average molecular weight is 266 g/mol. The first-order valence-corrected chi connectivity index (χ1v) is 7.01. The van der Waals surface area contributed by atoms with Crippen molar-refractivity contribution in [2.75, 3.05) is 18.6 Å². The van der Waals surface area contributed by atoms with Crippen LogP contribution in [0.4, 0.5) is 4.79 Å². The number of aryl methyl sites for hydroxylation is 1.